The van der Waals surface area contributed by atoms with Crippen molar-refractivity contribution >= 4 is 15.9 Å². The Labute approximate surface area is 130 Å². The van der Waals surface area contributed by atoms with Crippen LogP contribution in [-0.4, -0.2) is 16.6 Å². The van der Waals surface area contributed by atoms with Gasteiger partial charge in [0.15, 0.2) is 0 Å². The first kappa shape index (κ1) is 15.9. The summed E-state index contributed by atoms with van der Waals surface area (Å²) in [6.45, 7) is 5.09. The van der Waals surface area contributed by atoms with Gasteiger partial charge in [-0.25, -0.2) is 0 Å². The lowest BCUT2D eigenvalue weighted by molar-refractivity contribution is -0.0173. The second-order valence-electron chi connectivity index (χ2n) is 6.45. The predicted octanol–water partition coefficient (Wildman–Crippen LogP) is 3.67. The van der Waals surface area contributed by atoms with E-state index in [-0.39, 0.29) is 5.41 Å². The van der Waals surface area contributed by atoms with Gasteiger partial charge in [-0.15, -0.1) is 0 Å². The second-order valence-corrected chi connectivity index (χ2v) is 7.37. The third kappa shape index (κ3) is 3.23. The molecule has 0 radical (unpaired) electrons. The van der Waals surface area contributed by atoms with Gasteiger partial charge in [0.2, 0.25) is 0 Å². The smallest absolute Gasteiger partial charge is 0.103 e. The van der Waals surface area contributed by atoms with E-state index in [0.717, 1.165) is 41.8 Å². The molecule has 4 heteroatoms. The van der Waals surface area contributed by atoms with E-state index in [0.29, 0.717) is 12.5 Å². The van der Waals surface area contributed by atoms with Crippen LogP contribution >= 0.6 is 15.9 Å². The van der Waals surface area contributed by atoms with Gasteiger partial charge in [-0.1, -0.05) is 13.8 Å². The van der Waals surface area contributed by atoms with Gasteiger partial charge in [0, 0.05) is 22.6 Å². The summed E-state index contributed by atoms with van der Waals surface area (Å²) in [6.07, 6.45) is 5.47. The Hall–Kier alpha value is -0.450. The normalized spacial score (nSPS) is 28.6. The van der Waals surface area contributed by atoms with E-state index in [2.05, 4.69) is 34.8 Å². The van der Waals surface area contributed by atoms with Crippen molar-refractivity contribution in [1.29, 1.82) is 0 Å². The molecule has 1 aliphatic rings. The molecule has 0 saturated heterocycles. The number of pyridine rings is 1. The summed E-state index contributed by atoms with van der Waals surface area (Å²) in [5, 5.41) is 10.8. The van der Waals surface area contributed by atoms with Gasteiger partial charge in [-0.2, -0.15) is 0 Å². The van der Waals surface area contributed by atoms with E-state index in [4.69, 9.17) is 5.73 Å². The van der Waals surface area contributed by atoms with Crippen LogP contribution in [0.3, 0.4) is 0 Å². The Balaban J connectivity index is 2.13. The summed E-state index contributed by atoms with van der Waals surface area (Å²) in [6, 6.07) is 3.82. The van der Waals surface area contributed by atoms with Crippen molar-refractivity contribution in [2.75, 3.05) is 6.54 Å². The number of halogens is 1. The van der Waals surface area contributed by atoms with Gasteiger partial charge >= 0.3 is 0 Å². The number of hydrogen-bond acceptors (Lipinski definition) is 3. The van der Waals surface area contributed by atoms with Crippen LogP contribution in [0.2, 0.25) is 0 Å². The minimum absolute atomic E-state index is 0.202. The van der Waals surface area contributed by atoms with Gasteiger partial charge in [0.1, 0.15) is 6.10 Å². The van der Waals surface area contributed by atoms with E-state index >= 15 is 0 Å². The Morgan fingerprint density at radius 3 is 2.50 bits per heavy atom. The average Bonchev–Trinajstić information content (AvgIpc) is 2.47. The molecule has 0 bridgehead atoms. The molecule has 0 spiro atoms. The standard InChI is InChI=1S/C16H25BrN2O/c1-11(2)12-5-7-16(10-18,8-6-12)15(20)14-4-3-13(17)9-19-14/h3-4,9,11-12,15,20H,5-8,10,18H2,1-2H3. The molecule has 3 N–H and O–H groups in total. The van der Waals surface area contributed by atoms with Crippen molar-refractivity contribution in [3.05, 3.63) is 28.5 Å². The molecule has 2 rings (SSSR count). The summed E-state index contributed by atoms with van der Waals surface area (Å²) in [5.41, 5.74) is 6.57. The summed E-state index contributed by atoms with van der Waals surface area (Å²) >= 11 is 3.38. The van der Waals surface area contributed by atoms with Crippen molar-refractivity contribution in [2.45, 2.75) is 45.6 Å². The molecule has 3 nitrogen and oxygen atoms in total. The van der Waals surface area contributed by atoms with Gasteiger partial charge in [0.05, 0.1) is 5.69 Å². The maximum Gasteiger partial charge on any atom is 0.103 e. The molecular weight excluding hydrogens is 316 g/mol. The fourth-order valence-corrected chi connectivity index (χ4v) is 3.57. The number of rotatable bonds is 4. The van der Waals surface area contributed by atoms with Crippen molar-refractivity contribution < 1.29 is 5.11 Å². The number of aliphatic hydroxyl groups excluding tert-OH is 1. The number of aromatic nitrogens is 1. The zero-order valence-corrected chi connectivity index (χ0v) is 13.9. The Bertz CT molecular complexity index is 425. The molecular formula is C16H25BrN2O. The second kappa shape index (κ2) is 6.54. The molecule has 0 amide bonds. The highest BCUT2D eigenvalue weighted by Crippen LogP contribution is 2.47. The molecule has 1 aromatic rings. The van der Waals surface area contributed by atoms with E-state index in [9.17, 15) is 5.11 Å². The monoisotopic (exact) mass is 340 g/mol. The topological polar surface area (TPSA) is 59.1 Å². The molecule has 1 heterocycles. The molecule has 20 heavy (non-hydrogen) atoms. The maximum absolute atomic E-state index is 10.8. The zero-order valence-electron chi connectivity index (χ0n) is 12.3. The highest BCUT2D eigenvalue weighted by atomic mass is 79.9. The van der Waals surface area contributed by atoms with Crippen LogP contribution in [0, 0.1) is 17.3 Å². The van der Waals surface area contributed by atoms with Crippen LogP contribution in [0.5, 0.6) is 0 Å². The van der Waals surface area contributed by atoms with Crippen LogP contribution < -0.4 is 5.73 Å². The first-order valence-corrected chi connectivity index (χ1v) is 8.27. The average molecular weight is 341 g/mol. The third-order valence-corrected chi connectivity index (χ3v) is 5.45. The number of nitrogens with two attached hydrogens (primary N) is 1. The number of hydrogen-bond donors (Lipinski definition) is 2. The zero-order chi connectivity index (χ0) is 14.8. The first-order valence-electron chi connectivity index (χ1n) is 7.48. The van der Waals surface area contributed by atoms with Gasteiger partial charge in [-0.05, 0) is 65.6 Å². The van der Waals surface area contributed by atoms with Gasteiger partial charge < -0.3 is 10.8 Å². The highest BCUT2D eigenvalue weighted by molar-refractivity contribution is 9.10. The van der Waals surface area contributed by atoms with Crippen molar-refractivity contribution in [2.24, 2.45) is 23.0 Å². The van der Waals surface area contributed by atoms with Crippen LogP contribution in [0.1, 0.15) is 51.3 Å². The number of aliphatic hydroxyl groups is 1. The van der Waals surface area contributed by atoms with Crippen LogP contribution in [-0.2, 0) is 0 Å². The third-order valence-electron chi connectivity index (χ3n) is 4.99. The molecule has 1 fully saturated rings. The molecule has 1 aromatic heterocycles. The lowest BCUT2D eigenvalue weighted by Crippen LogP contribution is -2.41. The summed E-state index contributed by atoms with van der Waals surface area (Å²) in [5.74, 6) is 1.48. The number of nitrogens with zero attached hydrogens (tertiary/aromatic N) is 1. The fraction of sp³-hybridized carbons (Fsp3) is 0.688. The van der Waals surface area contributed by atoms with Gasteiger partial charge in [0.25, 0.3) is 0 Å². The first-order chi connectivity index (χ1) is 9.48. The van der Waals surface area contributed by atoms with Crippen LogP contribution in [0.4, 0.5) is 0 Å². The molecule has 0 aromatic carbocycles. The molecule has 1 aliphatic carbocycles. The highest BCUT2D eigenvalue weighted by Gasteiger charge is 2.41. The fourth-order valence-electron chi connectivity index (χ4n) is 3.33. The Morgan fingerprint density at radius 1 is 1.40 bits per heavy atom. The van der Waals surface area contributed by atoms with E-state index in [1.807, 2.05) is 12.1 Å². The largest absolute Gasteiger partial charge is 0.386 e. The van der Waals surface area contributed by atoms with E-state index in [1.165, 1.54) is 0 Å². The Morgan fingerprint density at radius 2 is 2.05 bits per heavy atom. The lowest BCUT2D eigenvalue weighted by Gasteiger charge is -2.43. The lowest BCUT2D eigenvalue weighted by atomic mass is 9.64. The van der Waals surface area contributed by atoms with E-state index < -0.39 is 6.10 Å². The molecule has 1 unspecified atom stereocenters. The van der Waals surface area contributed by atoms with Gasteiger partial charge in [-0.3, -0.25) is 4.98 Å². The van der Waals surface area contributed by atoms with Crippen LogP contribution in [0.15, 0.2) is 22.8 Å². The van der Waals surface area contributed by atoms with Crippen LogP contribution in [0.25, 0.3) is 0 Å². The summed E-state index contributed by atoms with van der Waals surface area (Å²) in [7, 11) is 0. The molecule has 1 atom stereocenters. The predicted molar refractivity (Wildman–Crippen MR) is 85.2 cm³/mol. The quantitative estimate of drug-likeness (QED) is 0.878. The van der Waals surface area contributed by atoms with Crippen molar-refractivity contribution in [3.8, 4) is 0 Å². The maximum atomic E-state index is 10.8. The molecule has 112 valence electrons. The Kier molecular flexibility index (Phi) is 5.21. The summed E-state index contributed by atoms with van der Waals surface area (Å²) in [4.78, 5) is 4.35. The minimum Gasteiger partial charge on any atom is -0.386 e. The van der Waals surface area contributed by atoms with Crippen molar-refractivity contribution in [3.63, 3.8) is 0 Å². The molecule has 1 saturated carbocycles. The van der Waals surface area contributed by atoms with Crippen molar-refractivity contribution in [1.82, 2.24) is 4.98 Å². The summed E-state index contributed by atoms with van der Waals surface area (Å²) < 4.78 is 0.929. The minimum atomic E-state index is -0.561. The SMILES string of the molecule is CC(C)C1CCC(CN)(C(O)c2ccc(Br)cn2)CC1. The molecule has 0 aliphatic heterocycles. The van der Waals surface area contributed by atoms with E-state index in [1.54, 1.807) is 6.20 Å².